The first-order chi connectivity index (χ1) is 16.0. The van der Waals surface area contributed by atoms with Gasteiger partial charge in [-0.1, -0.05) is 39.8 Å². The number of H-pyrrole nitrogens is 1. The van der Waals surface area contributed by atoms with Crippen LogP contribution in [0.2, 0.25) is 0 Å². The largest absolute Gasteiger partial charge is 0.494 e. The molecule has 0 amide bonds. The van der Waals surface area contributed by atoms with Crippen LogP contribution in [0.3, 0.4) is 0 Å². The fourth-order valence-electron chi connectivity index (χ4n) is 4.29. The lowest BCUT2D eigenvalue weighted by molar-refractivity contribution is 0.298. The van der Waals surface area contributed by atoms with E-state index in [0.29, 0.717) is 11.8 Å². The Hall–Kier alpha value is -3.01. The number of aromatic amines is 1. The molecular weight excluding hydrogens is 408 g/mol. The van der Waals surface area contributed by atoms with Crippen molar-refractivity contribution in [1.82, 2.24) is 9.97 Å². The van der Waals surface area contributed by atoms with Crippen LogP contribution in [0.4, 0.5) is 0 Å². The van der Waals surface area contributed by atoms with Crippen molar-refractivity contribution in [3.05, 3.63) is 54.9 Å². The van der Waals surface area contributed by atoms with Gasteiger partial charge in [-0.15, -0.1) is 0 Å². The summed E-state index contributed by atoms with van der Waals surface area (Å²) in [6.45, 7) is 10.4. The van der Waals surface area contributed by atoms with Crippen LogP contribution in [0, 0.1) is 11.8 Å². The van der Waals surface area contributed by atoms with E-state index in [1.165, 1.54) is 12.8 Å². The summed E-state index contributed by atoms with van der Waals surface area (Å²) in [6.07, 6.45) is 8.37. The van der Waals surface area contributed by atoms with Gasteiger partial charge in [-0.2, -0.15) is 0 Å². The molecule has 4 aromatic rings. The van der Waals surface area contributed by atoms with Crippen LogP contribution in [0.5, 0.6) is 11.5 Å². The monoisotopic (exact) mass is 444 g/mol. The molecule has 0 radical (unpaired) electrons. The van der Waals surface area contributed by atoms with Gasteiger partial charge in [-0.25, -0.2) is 0 Å². The summed E-state index contributed by atoms with van der Waals surface area (Å²) < 4.78 is 12.4. The van der Waals surface area contributed by atoms with Gasteiger partial charge >= 0.3 is 0 Å². The van der Waals surface area contributed by atoms with E-state index >= 15 is 0 Å². The Morgan fingerprint density at radius 3 is 2.36 bits per heavy atom. The Kier molecular flexibility index (Phi) is 7.54. The lowest BCUT2D eigenvalue weighted by Gasteiger charge is -2.13. The van der Waals surface area contributed by atoms with E-state index in [2.05, 4.69) is 69.2 Å². The summed E-state index contributed by atoms with van der Waals surface area (Å²) in [6, 6.07) is 14.5. The van der Waals surface area contributed by atoms with Crippen molar-refractivity contribution >= 4 is 21.8 Å². The van der Waals surface area contributed by atoms with Crippen LogP contribution >= 0.6 is 0 Å². The molecule has 0 bridgehead atoms. The highest BCUT2D eigenvalue weighted by Gasteiger charge is 2.16. The third-order valence-electron chi connectivity index (χ3n) is 6.01. The number of pyridine rings is 1. The molecule has 2 heterocycles. The zero-order chi connectivity index (χ0) is 23.2. The predicted octanol–water partition coefficient (Wildman–Crippen LogP) is 8.01. The van der Waals surface area contributed by atoms with Crippen molar-refractivity contribution < 1.29 is 9.47 Å². The molecule has 0 aliphatic heterocycles. The summed E-state index contributed by atoms with van der Waals surface area (Å²) in [4.78, 5) is 8.15. The van der Waals surface area contributed by atoms with E-state index in [1.807, 2.05) is 18.3 Å². The molecule has 0 saturated heterocycles. The van der Waals surface area contributed by atoms with Crippen LogP contribution in [-0.4, -0.2) is 23.2 Å². The smallest absolute Gasteiger partial charge is 0.129 e. The Balaban J connectivity index is 1.69. The SMILES string of the molecule is CC(C)CCCOc1cc(-c2c[nH]c3cccc(OCCCC(C)C)c23)c2ncccc2c1. The molecule has 0 unspecified atom stereocenters. The van der Waals surface area contributed by atoms with Gasteiger partial charge in [0, 0.05) is 39.8 Å². The topological polar surface area (TPSA) is 47.1 Å². The fourth-order valence-corrected chi connectivity index (χ4v) is 4.29. The molecule has 4 heteroatoms. The molecule has 2 aromatic carbocycles. The molecular formula is C29H36N2O2. The quantitative estimate of drug-likeness (QED) is 0.238. The molecule has 4 rings (SSSR count). The Morgan fingerprint density at radius 2 is 1.61 bits per heavy atom. The molecule has 0 atom stereocenters. The molecule has 33 heavy (non-hydrogen) atoms. The number of benzene rings is 2. The number of hydrogen-bond acceptors (Lipinski definition) is 3. The van der Waals surface area contributed by atoms with Crippen molar-refractivity contribution in [1.29, 1.82) is 0 Å². The van der Waals surface area contributed by atoms with Gasteiger partial charge in [0.2, 0.25) is 0 Å². The van der Waals surface area contributed by atoms with E-state index in [9.17, 15) is 0 Å². The van der Waals surface area contributed by atoms with Gasteiger partial charge in [0.1, 0.15) is 11.5 Å². The van der Waals surface area contributed by atoms with Crippen LogP contribution in [0.1, 0.15) is 53.4 Å². The molecule has 0 aliphatic carbocycles. The number of fused-ring (bicyclic) bond motifs is 2. The summed E-state index contributed by atoms with van der Waals surface area (Å²) in [7, 11) is 0. The maximum absolute atomic E-state index is 6.26. The number of nitrogens with one attached hydrogen (secondary N) is 1. The summed E-state index contributed by atoms with van der Waals surface area (Å²) >= 11 is 0. The van der Waals surface area contributed by atoms with Crippen molar-refractivity contribution in [2.24, 2.45) is 11.8 Å². The highest BCUT2D eigenvalue weighted by atomic mass is 16.5. The molecule has 4 nitrogen and oxygen atoms in total. The van der Waals surface area contributed by atoms with Crippen molar-refractivity contribution in [3.63, 3.8) is 0 Å². The minimum atomic E-state index is 0.688. The van der Waals surface area contributed by atoms with Gasteiger partial charge in [0.25, 0.3) is 0 Å². The average Bonchev–Trinajstić information content (AvgIpc) is 3.23. The first-order valence-electron chi connectivity index (χ1n) is 12.3. The summed E-state index contributed by atoms with van der Waals surface area (Å²) in [5, 5.41) is 2.18. The fraction of sp³-hybridized carbons (Fsp3) is 0.414. The summed E-state index contributed by atoms with van der Waals surface area (Å²) in [5.41, 5.74) is 4.21. The van der Waals surface area contributed by atoms with Gasteiger partial charge < -0.3 is 14.5 Å². The van der Waals surface area contributed by atoms with E-state index in [0.717, 1.165) is 70.5 Å². The normalized spacial score (nSPS) is 11.7. The number of hydrogen-bond donors (Lipinski definition) is 1. The highest BCUT2D eigenvalue weighted by Crippen LogP contribution is 2.40. The average molecular weight is 445 g/mol. The van der Waals surface area contributed by atoms with E-state index < -0.39 is 0 Å². The van der Waals surface area contributed by atoms with Gasteiger partial charge in [-0.05, 0) is 67.9 Å². The van der Waals surface area contributed by atoms with Crippen LogP contribution < -0.4 is 9.47 Å². The van der Waals surface area contributed by atoms with Crippen LogP contribution in [0.15, 0.2) is 54.9 Å². The van der Waals surface area contributed by atoms with Gasteiger partial charge in [0.05, 0.1) is 18.7 Å². The maximum Gasteiger partial charge on any atom is 0.129 e. The first-order valence-corrected chi connectivity index (χ1v) is 12.3. The number of nitrogens with zero attached hydrogens (tertiary/aromatic N) is 1. The predicted molar refractivity (Wildman–Crippen MR) is 138 cm³/mol. The molecule has 0 aliphatic rings. The molecule has 174 valence electrons. The number of ether oxygens (including phenoxy) is 2. The number of rotatable bonds is 11. The third-order valence-corrected chi connectivity index (χ3v) is 6.01. The molecule has 1 N–H and O–H groups in total. The third kappa shape index (κ3) is 5.68. The summed E-state index contributed by atoms with van der Waals surface area (Å²) in [5.74, 6) is 3.18. The molecule has 0 fully saturated rings. The zero-order valence-electron chi connectivity index (χ0n) is 20.4. The van der Waals surface area contributed by atoms with E-state index in [-0.39, 0.29) is 0 Å². The van der Waals surface area contributed by atoms with E-state index in [4.69, 9.17) is 14.5 Å². The minimum absolute atomic E-state index is 0.688. The van der Waals surface area contributed by atoms with Crippen molar-refractivity contribution in [2.45, 2.75) is 53.4 Å². The standard InChI is InChI=1S/C29H36N2O2/c1-20(2)9-7-15-32-23-17-22-11-6-14-30-29(22)24(18-23)25-19-31-26-12-5-13-27(28(25)26)33-16-8-10-21(3)4/h5-6,11-14,17-21,31H,7-10,15-16H2,1-4H3. The van der Waals surface area contributed by atoms with Gasteiger partial charge in [0.15, 0.2) is 0 Å². The molecule has 2 aromatic heterocycles. The van der Waals surface area contributed by atoms with Crippen molar-refractivity contribution in [2.75, 3.05) is 13.2 Å². The second-order valence-electron chi connectivity index (χ2n) is 9.70. The zero-order valence-corrected chi connectivity index (χ0v) is 20.4. The lowest BCUT2D eigenvalue weighted by Crippen LogP contribution is -2.01. The van der Waals surface area contributed by atoms with Crippen LogP contribution in [-0.2, 0) is 0 Å². The Labute approximate surface area is 197 Å². The first kappa shape index (κ1) is 23.2. The van der Waals surface area contributed by atoms with Crippen LogP contribution in [0.25, 0.3) is 32.9 Å². The number of aromatic nitrogens is 2. The second kappa shape index (κ2) is 10.7. The molecule has 0 saturated carbocycles. The Morgan fingerprint density at radius 1 is 0.848 bits per heavy atom. The maximum atomic E-state index is 6.26. The van der Waals surface area contributed by atoms with E-state index in [1.54, 1.807) is 0 Å². The highest BCUT2D eigenvalue weighted by molar-refractivity contribution is 6.06. The lowest BCUT2D eigenvalue weighted by atomic mass is 10.00. The molecule has 0 spiro atoms. The van der Waals surface area contributed by atoms with Crippen molar-refractivity contribution in [3.8, 4) is 22.6 Å². The second-order valence-corrected chi connectivity index (χ2v) is 9.70. The Bertz CT molecular complexity index is 1190. The van der Waals surface area contributed by atoms with Gasteiger partial charge in [-0.3, -0.25) is 4.98 Å². The minimum Gasteiger partial charge on any atom is -0.494 e.